The van der Waals surface area contributed by atoms with E-state index in [9.17, 15) is 14.4 Å². The molecule has 1 heterocycles. The minimum atomic E-state index is -0.490. The number of thioether (sulfide) groups is 1. The molecule has 3 rings (SSSR count). The van der Waals surface area contributed by atoms with E-state index in [1.807, 2.05) is 37.3 Å². The van der Waals surface area contributed by atoms with Gasteiger partial charge in [0.1, 0.15) is 12.3 Å². The van der Waals surface area contributed by atoms with Crippen molar-refractivity contribution < 1.29 is 19.1 Å². The van der Waals surface area contributed by atoms with Gasteiger partial charge in [-0.1, -0.05) is 30.3 Å². The maximum Gasteiger partial charge on any atom is 0.294 e. The molecule has 1 saturated heterocycles. The Morgan fingerprint density at radius 2 is 1.96 bits per heavy atom. The number of imide groups is 1. The van der Waals surface area contributed by atoms with E-state index >= 15 is 0 Å². The molecule has 27 heavy (non-hydrogen) atoms. The molecule has 0 bridgehead atoms. The van der Waals surface area contributed by atoms with E-state index < -0.39 is 17.1 Å². The summed E-state index contributed by atoms with van der Waals surface area (Å²) in [6.45, 7) is 1.58. The summed E-state index contributed by atoms with van der Waals surface area (Å²) in [4.78, 5) is 38.2. The minimum Gasteiger partial charge on any atom is -0.496 e. The average Bonchev–Trinajstić information content (AvgIpc) is 2.89. The van der Waals surface area contributed by atoms with Crippen LogP contribution in [0.3, 0.4) is 0 Å². The highest BCUT2D eigenvalue weighted by molar-refractivity contribution is 8.18. The van der Waals surface area contributed by atoms with Gasteiger partial charge < -0.3 is 10.1 Å². The van der Waals surface area contributed by atoms with Crippen molar-refractivity contribution in [1.29, 1.82) is 0 Å². The SMILES string of the molecule is COc1ccccc1C=C1SC(=O)N(CC(=O)Nc2cccc(C)c2)C1=O. The first-order valence-electron chi connectivity index (χ1n) is 8.23. The Labute approximate surface area is 161 Å². The van der Waals surface area contributed by atoms with Crippen molar-refractivity contribution in [2.24, 2.45) is 0 Å². The molecule has 6 nitrogen and oxygen atoms in total. The van der Waals surface area contributed by atoms with Crippen molar-refractivity contribution >= 4 is 40.6 Å². The summed E-state index contributed by atoms with van der Waals surface area (Å²) < 4.78 is 5.26. The van der Waals surface area contributed by atoms with Crippen LogP contribution in [0.4, 0.5) is 10.5 Å². The second-order valence-electron chi connectivity index (χ2n) is 5.93. The zero-order chi connectivity index (χ0) is 19.4. The molecule has 1 N–H and O–H groups in total. The highest BCUT2D eigenvalue weighted by atomic mass is 32.2. The van der Waals surface area contributed by atoms with Crippen LogP contribution < -0.4 is 10.1 Å². The van der Waals surface area contributed by atoms with Gasteiger partial charge in [0.2, 0.25) is 5.91 Å². The molecule has 0 aliphatic carbocycles. The lowest BCUT2D eigenvalue weighted by molar-refractivity contribution is -0.127. The molecule has 2 aromatic carbocycles. The van der Waals surface area contributed by atoms with E-state index in [1.54, 1.807) is 24.3 Å². The predicted molar refractivity (Wildman–Crippen MR) is 105 cm³/mol. The lowest BCUT2D eigenvalue weighted by Gasteiger charge is -2.12. The monoisotopic (exact) mass is 382 g/mol. The summed E-state index contributed by atoms with van der Waals surface area (Å²) >= 11 is 0.810. The van der Waals surface area contributed by atoms with Gasteiger partial charge in [0.15, 0.2) is 0 Å². The van der Waals surface area contributed by atoms with E-state index in [2.05, 4.69) is 5.32 Å². The second kappa shape index (κ2) is 8.09. The topological polar surface area (TPSA) is 75.7 Å². The molecule has 1 fully saturated rings. The lowest BCUT2D eigenvalue weighted by Crippen LogP contribution is -2.36. The number of carbonyl (C=O) groups excluding carboxylic acids is 3. The number of ether oxygens (including phenoxy) is 1. The van der Waals surface area contributed by atoms with Crippen LogP contribution in [0.2, 0.25) is 0 Å². The first-order valence-corrected chi connectivity index (χ1v) is 9.04. The zero-order valence-electron chi connectivity index (χ0n) is 14.9. The van der Waals surface area contributed by atoms with Gasteiger partial charge in [-0.3, -0.25) is 19.3 Å². The van der Waals surface area contributed by atoms with Crippen LogP contribution >= 0.6 is 11.8 Å². The van der Waals surface area contributed by atoms with Crippen molar-refractivity contribution in [3.63, 3.8) is 0 Å². The predicted octanol–water partition coefficient (Wildman–Crippen LogP) is 3.68. The molecule has 1 aliphatic heterocycles. The van der Waals surface area contributed by atoms with E-state index in [1.165, 1.54) is 7.11 Å². The Morgan fingerprint density at radius 1 is 1.19 bits per heavy atom. The molecule has 2 aromatic rings. The molecule has 0 saturated carbocycles. The van der Waals surface area contributed by atoms with Gasteiger partial charge in [-0.25, -0.2) is 0 Å². The highest BCUT2D eigenvalue weighted by Gasteiger charge is 2.36. The summed E-state index contributed by atoms with van der Waals surface area (Å²) in [6, 6.07) is 14.5. The number of benzene rings is 2. The normalized spacial score (nSPS) is 15.3. The van der Waals surface area contributed by atoms with Crippen LogP contribution in [-0.2, 0) is 9.59 Å². The first kappa shape index (κ1) is 18.7. The molecule has 7 heteroatoms. The van der Waals surface area contributed by atoms with Crippen molar-refractivity contribution in [2.45, 2.75) is 6.92 Å². The smallest absolute Gasteiger partial charge is 0.294 e. The quantitative estimate of drug-likeness (QED) is 0.799. The second-order valence-corrected chi connectivity index (χ2v) is 6.92. The maximum atomic E-state index is 12.6. The van der Waals surface area contributed by atoms with Crippen LogP contribution in [0.1, 0.15) is 11.1 Å². The summed E-state index contributed by atoms with van der Waals surface area (Å²) in [7, 11) is 1.54. The number of hydrogen-bond acceptors (Lipinski definition) is 5. The molecule has 0 aromatic heterocycles. The van der Waals surface area contributed by atoms with Crippen molar-refractivity contribution in [3.8, 4) is 5.75 Å². The number of para-hydroxylation sites is 1. The summed E-state index contributed by atoms with van der Waals surface area (Å²) in [5.74, 6) is -0.321. The Morgan fingerprint density at radius 3 is 2.70 bits per heavy atom. The number of aryl methyl sites for hydroxylation is 1. The molecule has 0 unspecified atom stereocenters. The molecular formula is C20H18N2O4S. The molecule has 0 atom stereocenters. The molecule has 138 valence electrons. The van der Waals surface area contributed by atoms with Crippen molar-refractivity contribution in [2.75, 3.05) is 19.0 Å². The van der Waals surface area contributed by atoms with Gasteiger partial charge in [-0.05, 0) is 48.5 Å². The van der Waals surface area contributed by atoms with Crippen LogP contribution in [0.15, 0.2) is 53.4 Å². The largest absolute Gasteiger partial charge is 0.496 e. The fourth-order valence-electron chi connectivity index (χ4n) is 2.63. The van der Waals surface area contributed by atoms with Crippen LogP contribution in [0, 0.1) is 6.92 Å². The molecule has 0 spiro atoms. The van der Waals surface area contributed by atoms with Gasteiger partial charge >= 0.3 is 0 Å². The van der Waals surface area contributed by atoms with Crippen LogP contribution in [0.5, 0.6) is 5.75 Å². The molecule has 3 amide bonds. The standard InChI is InChI=1S/C20H18N2O4S/c1-13-6-5-8-15(10-13)21-18(23)12-22-19(24)17(27-20(22)25)11-14-7-3-4-9-16(14)26-2/h3-11H,12H2,1-2H3,(H,21,23). The van der Waals surface area contributed by atoms with E-state index in [-0.39, 0.29) is 11.4 Å². The first-order chi connectivity index (χ1) is 13.0. The Kier molecular flexibility index (Phi) is 5.61. The molecular weight excluding hydrogens is 364 g/mol. The summed E-state index contributed by atoms with van der Waals surface area (Å²) in [5.41, 5.74) is 2.31. The van der Waals surface area contributed by atoms with Crippen LogP contribution in [0.25, 0.3) is 6.08 Å². The number of rotatable bonds is 5. The number of amides is 3. The summed E-state index contributed by atoms with van der Waals surface area (Å²) in [6.07, 6.45) is 1.60. The Bertz CT molecular complexity index is 939. The number of hydrogen-bond donors (Lipinski definition) is 1. The molecule has 1 aliphatic rings. The third-order valence-electron chi connectivity index (χ3n) is 3.90. The van der Waals surface area contributed by atoms with E-state index in [4.69, 9.17) is 4.74 Å². The van der Waals surface area contributed by atoms with Gasteiger partial charge in [-0.2, -0.15) is 0 Å². The number of nitrogens with one attached hydrogen (secondary N) is 1. The minimum absolute atomic E-state index is 0.257. The highest BCUT2D eigenvalue weighted by Crippen LogP contribution is 2.33. The maximum absolute atomic E-state index is 12.6. The fourth-order valence-corrected chi connectivity index (χ4v) is 3.46. The molecule has 0 radical (unpaired) electrons. The lowest BCUT2D eigenvalue weighted by atomic mass is 10.2. The van der Waals surface area contributed by atoms with Gasteiger partial charge in [0.25, 0.3) is 11.1 Å². The van der Waals surface area contributed by atoms with Gasteiger partial charge in [0.05, 0.1) is 12.0 Å². The van der Waals surface area contributed by atoms with Crippen molar-refractivity contribution in [1.82, 2.24) is 4.90 Å². The fraction of sp³-hybridized carbons (Fsp3) is 0.150. The average molecular weight is 382 g/mol. The zero-order valence-corrected chi connectivity index (χ0v) is 15.7. The van der Waals surface area contributed by atoms with Crippen LogP contribution in [-0.4, -0.2) is 35.6 Å². The van der Waals surface area contributed by atoms with Gasteiger partial charge in [0, 0.05) is 11.3 Å². The number of methoxy groups -OCH3 is 1. The van der Waals surface area contributed by atoms with E-state index in [0.717, 1.165) is 22.2 Å². The summed E-state index contributed by atoms with van der Waals surface area (Å²) in [5, 5.41) is 2.23. The third-order valence-corrected chi connectivity index (χ3v) is 4.81. The van der Waals surface area contributed by atoms with E-state index in [0.29, 0.717) is 17.0 Å². The Balaban J connectivity index is 1.72. The Hall–Kier alpha value is -3.06. The number of nitrogens with zero attached hydrogens (tertiary/aromatic N) is 1. The van der Waals surface area contributed by atoms with Gasteiger partial charge in [-0.15, -0.1) is 0 Å². The third kappa shape index (κ3) is 4.38. The number of carbonyl (C=O) groups is 3. The number of anilines is 1. The van der Waals surface area contributed by atoms with Crippen molar-refractivity contribution in [3.05, 3.63) is 64.6 Å².